The van der Waals surface area contributed by atoms with Crippen molar-refractivity contribution in [3.05, 3.63) is 18.1 Å². The van der Waals surface area contributed by atoms with Crippen molar-refractivity contribution in [1.82, 2.24) is 9.97 Å². The minimum absolute atomic E-state index is 0.605. The number of aromatic nitrogens is 2. The average molecular weight is 247 g/mol. The van der Waals surface area contributed by atoms with Crippen LogP contribution in [0.2, 0.25) is 0 Å². The van der Waals surface area contributed by atoms with Crippen LogP contribution < -0.4 is 5.32 Å². The minimum Gasteiger partial charge on any atom is -0.367 e. The van der Waals surface area contributed by atoms with Crippen molar-refractivity contribution in [3.8, 4) is 0 Å². The number of hydrogen-bond acceptors (Lipinski definition) is 3. The molecule has 2 unspecified atom stereocenters. The van der Waals surface area contributed by atoms with Gasteiger partial charge < -0.3 is 5.32 Å². The summed E-state index contributed by atoms with van der Waals surface area (Å²) in [6.07, 6.45) is 10.5. The molecular weight excluding hydrogens is 222 g/mol. The number of hydrogen-bond donors (Lipinski definition) is 1. The third-order valence-corrected chi connectivity index (χ3v) is 3.94. The zero-order valence-electron chi connectivity index (χ0n) is 11.7. The van der Waals surface area contributed by atoms with E-state index in [1.165, 1.54) is 32.1 Å². The fraction of sp³-hybridized carbons (Fsp3) is 0.733. The Kier molecular flexibility index (Phi) is 4.97. The lowest BCUT2D eigenvalue weighted by Gasteiger charge is -2.29. The Morgan fingerprint density at radius 3 is 2.94 bits per heavy atom. The third kappa shape index (κ3) is 3.69. The van der Waals surface area contributed by atoms with Gasteiger partial charge in [0.25, 0.3) is 0 Å². The van der Waals surface area contributed by atoms with Crippen LogP contribution in [-0.4, -0.2) is 16.0 Å². The smallest absolute Gasteiger partial charge is 0.129 e. The maximum atomic E-state index is 4.34. The van der Waals surface area contributed by atoms with Crippen LogP contribution in [0.3, 0.4) is 0 Å². The zero-order valence-corrected chi connectivity index (χ0v) is 11.7. The molecule has 1 fully saturated rings. The first-order valence-electron chi connectivity index (χ1n) is 7.39. The van der Waals surface area contributed by atoms with Gasteiger partial charge in [-0.1, -0.05) is 39.5 Å². The first kappa shape index (κ1) is 13.3. The van der Waals surface area contributed by atoms with Gasteiger partial charge in [0.2, 0.25) is 0 Å². The van der Waals surface area contributed by atoms with E-state index in [0.29, 0.717) is 6.04 Å². The largest absolute Gasteiger partial charge is 0.367 e. The SMILES string of the molecule is CCCc1cc(NC2CCCC(CC)C2)ncn1. The Morgan fingerprint density at radius 2 is 2.17 bits per heavy atom. The monoisotopic (exact) mass is 247 g/mol. The molecule has 0 aromatic carbocycles. The molecule has 0 radical (unpaired) electrons. The summed E-state index contributed by atoms with van der Waals surface area (Å²) in [5.74, 6) is 1.91. The third-order valence-electron chi connectivity index (χ3n) is 3.94. The topological polar surface area (TPSA) is 37.8 Å². The number of aryl methyl sites for hydroxylation is 1. The molecule has 1 aliphatic carbocycles. The van der Waals surface area contributed by atoms with E-state index in [0.717, 1.165) is 30.3 Å². The molecule has 1 aromatic rings. The molecule has 1 N–H and O–H groups in total. The molecule has 0 aliphatic heterocycles. The van der Waals surface area contributed by atoms with Gasteiger partial charge in [-0.2, -0.15) is 0 Å². The molecule has 0 amide bonds. The first-order valence-corrected chi connectivity index (χ1v) is 7.39. The molecule has 0 saturated heterocycles. The van der Waals surface area contributed by atoms with Crippen molar-refractivity contribution in [3.63, 3.8) is 0 Å². The second-order valence-electron chi connectivity index (χ2n) is 5.43. The van der Waals surface area contributed by atoms with Crippen molar-refractivity contribution >= 4 is 5.82 Å². The molecule has 0 spiro atoms. The van der Waals surface area contributed by atoms with Crippen LogP contribution in [-0.2, 0) is 6.42 Å². The summed E-state index contributed by atoms with van der Waals surface area (Å²) in [5.41, 5.74) is 1.15. The van der Waals surface area contributed by atoms with Gasteiger partial charge in [0.1, 0.15) is 12.1 Å². The molecule has 1 aromatic heterocycles. The van der Waals surface area contributed by atoms with Crippen LogP contribution in [0.4, 0.5) is 5.82 Å². The van der Waals surface area contributed by atoms with E-state index in [1.54, 1.807) is 6.33 Å². The summed E-state index contributed by atoms with van der Waals surface area (Å²) in [6, 6.07) is 2.71. The maximum absolute atomic E-state index is 4.34. The van der Waals surface area contributed by atoms with E-state index in [2.05, 4.69) is 35.2 Å². The first-order chi connectivity index (χ1) is 8.81. The zero-order chi connectivity index (χ0) is 12.8. The Labute approximate surface area is 110 Å². The van der Waals surface area contributed by atoms with E-state index in [9.17, 15) is 0 Å². The van der Waals surface area contributed by atoms with Gasteiger partial charge in [0, 0.05) is 17.8 Å². The fourth-order valence-electron chi connectivity index (χ4n) is 2.87. The average Bonchev–Trinajstić information content (AvgIpc) is 2.40. The van der Waals surface area contributed by atoms with E-state index in [-0.39, 0.29) is 0 Å². The fourth-order valence-corrected chi connectivity index (χ4v) is 2.87. The Balaban J connectivity index is 1.93. The molecule has 0 bridgehead atoms. The van der Waals surface area contributed by atoms with Crippen molar-refractivity contribution < 1.29 is 0 Å². The molecule has 3 heteroatoms. The molecule has 1 saturated carbocycles. The van der Waals surface area contributed by atoms with Gasteiger partial charge in [-0.3, -0.25) is 0 Å². The van der Waals surface area contributed by atoms with Gasteiger partial charge in [-0.05, 0) is 25.2 Å². The van der Waals surface area contributed by atoms with Gasteiger partial charge >= 0.3 is 0 Å². The second kappa shape index (κ2) is 6.72. The van der Waals surface area contributed by atoms with Crippen LogP contribution in [0.5, 0.6) is 0 Å². The summed E-state index contributed by atoms with van der Waals surface area (Å²) < 4.78 is 0. The van der Waals surface area contributed by atoms with Crippen molar-refractivity contribution in [2.75, 3.05) is 5.32 Å². The number of anilines is 1. The van der Waals surface area contributed by atoms with Crippen LogP contribution in [0.1, 0.15) is 58.1 Å². The van der Waals surface area contributed by atoms with E-state index in [1.807, 2.05) is 0 Å². The van der Waals surface area contributed by atoms with Gasteiger partial charge in [-0.15, -0.1) is 0 Å². The van der Waals surface area contributed by atoms with Crippen LogP contribution >= 0.6 is 0 Å². The molecule has 1 heterocycles. The summed E-state index contributed by atoms with van der Waals surface area (Å²) in [4.78, 5) is 8.65. The molecular formula is C15H25N3. The Hall–Kier alpha value is -1.12. The summed E-state index contributed by atoms with van der Waals surface area (Å²) >= 11 is 0. The summed E-state index contributed by atoms with van der Waals surface area (Å²) in [7, 11) is 0. The van der Waals surface area contributed by atoms with E-state index >= 15 is 0 Å². The van der Waals surface area contributed by atoms with E-state index < -0.39 is 0 Å². The van der Waals surface area contributed by atoms with Crippen molar-refractivity contribution in [2.24, 2.45) is 5.92 Å². The highest BCUT2D eigenvalue weighted by Gasteiger charge is 2.20. The minimum atomic E-state index is 0.605. The van der Waals surface area contributed by atoms with Crippen LogP contribution in [0.25, 0.3) is 0 Å². The van der Waals surface area contributed by atoms with Gasteiger partial charge in [-0.25, -0.2) is 9.97 Å². The molecule has 1 aliphatic rings. The predicted octanol–water partition coefficient (Wildman–Crippen LogP) is 3.81. The molecule has 2 atom stereocenters. The van der Waals surface area contributed by atoms with E-state index in [4.69, 9.17) is 0 Å². The Morgan fingerprint density at radius 1 is 1.28 bits per heavy atom. The van der Waals surface area contributed by atoms with Crippen LogP contribution in [0.15, 0.2) is 12.4 Å². The maximum Gasteiger partial charge on any atom is 0.129 e. The Bertz CT molecular complexity index is 365. The standard InChI is InChI=1S/C15H25N3/c1-3-6-13-10-15(17-11-16-13)18-14-8-5-7-12(4-2)9-14/h10-12,14H,3-9H2,1-2H3,(H,16,17,18). The number of nitrogens with zero attached hydrogens (tertiary/aromatic N) is 2. The highest BCUT2D eigenvalue weighted by atomic mass is 15.0. The van der Waals surface area contributed by atoms with Gasteiger partial charge in [0.15, 0.2) is 0 Å². The highest BCUT2D eigenvalue weighted by Crippen LogP contribution is 2.28. The predicted molar refractivity (Wildman–Crippen MR) is 75.7 cm³/mol. The van der Waals surface area contributed by atoms with Gasteiger partial charge in [0.05, 0.1) is 0 Å². The second-order valence-corrected chi connectivity index (χ2v) is 5.43. The number of nitrogens with one attached hydrogen (secondary N) is 1. The molecule has 18 heavy (non-hydrogen) atoms. The highest BCUT2D eigenvalue weighted by molar-refractivity contribution is 5.36. The lowest BCUT2D eigenvalue weighted by atomic mass is 9.84. The number of rotatable bonds is 5. The molecule has 3 nitrogen and oxygen atoms in total. The summed E-state index contributed by atoms with van der Waals surface area (Å²) in [5, 5.41) is 3.59. The van der Waals surface area contributed by atoms with Crippen LogP contribution in [0, 0.1) is 5.92 Å². The lowest BCUT2D eigenvalue weighted by molar-refractivity contribution is 0.327. The summed E-state index contributed by atoms with van der Waals surface area (Å²) in [6.45, 7) is 4.49. The van der Waals surface area contributed by atoms with Crippen molar-refractivity contribution in [1.29, 1.82) is 0 Å². The normalized spacial score (nSPS) is 23.9. The lowest BCUT2D eigenvalue weighted by Crippen LogP contribution is -2.27. The molecule has 100 valence electrons. The quantitative estimate of drug-likeness (QED) is 0.859. The van der Waals surface area contributed by atoms with Crippen molar-refractivity contribution in [2.45, 2.75) is 64.8 Å². The molecule has 2 rings (SSSR count).